The average Bonchev–Trinajstić information content (AvgIpc) is 3.29. The molecule has 2 N–H and O–H groups in total. The van der Waals surface area contributed by atoms with Crippen molar-refractivity contribution in [2.24, 2.45) is 0 Å². The zero-order valence-corrected chi connectivity index (χ0v) is 14.6. The van der Waals surface area contributed by atoms with E-state index in [4.69, 9.17) is 16.0 Å². The highest BCUT2D eigenvalue weighted by atomic mass is 35.5. The molecule has 3 aromatic rings. The number of amides is 2. The predicted molar refractivity (Wildman–Crippen MR) is 97.1 cm³/mol. The molecule has 0 atom stereocenters. The van der Waals surface area contributed by atoms with Crippen LogP contribution in [0.2, 0.25) is 5.02 Å². The van der Waals surface area contributed by atoms with E-state index < -0.39 is 0 Å². The minimum Gasteiger partial charge on any atom is -0.459 e. The molecule has 0 aliphatic rings. The lowest BCUT2D eigenvalue weighted by atomic mass is 10.2. The Labute approximate surface area is 154 Å². The van der Waals surface area contributed by atoms with E-state index in [1.54, 1.807) is 41.2 Å². The number of nitrogens with zero attached hydrogens (tertiary/aromatic N) is 2. The van der Waals surface area contributed by atoms with Crippen LogP contribution in [0.25, 0.3) is 0 Å². The molecular weight excluding hydrogens is 356 g/mol. The second-order valence-electron chi connectivity index (χ2n) is 5.53. The molecule has 3 rings (SSSR count). The molecule has 26 heavy (non-hydrogen) atoms. The van der Waals surface area contributed by atoms with Gasteiger partial charge in [0.1, 0.15) is 5.82 Å². The van der Waals surface area contributed by atoms with Crippen LogP contribution in [-0.2, 0) is 11.3 Å². The lowest BCUT2D eigenvalue weighted by Crippen LogP contribution is -2.27. The van der Waals surface area contributed by atoms with Gasteiger partial charge in [-0.25, -0.2) is 4.68 Å². The minimum atomic E-state index is -0.351. The quantitative estimate of drug-likeness (QED) is 0.667. The number of benzene rings is 1. The lowest BCUT2D eigenvalue weighted by Gasteiger charge is -2.09. The zero-order valence-electron chi connectivity index (χ0n) is 13.8. The number of anilines is 1. The van der Waals surface area contributed by atoms with Crippen LogP contribution in [0.15, 0.2) is 59.3 Å². The largest absolute Gasteiger partial charge is 0.459 e. The average molecular weight is 373 g/mol. The van der Waals surface area contributed by atoms with E-state index in [0.717, 1.165) is 5.56 Å². The lowest BCUT2D eigenvalue weighted by molar-refractivity contribution is -0.116. The van der Waals surface area contributed by atoms with Gasteiger partial charge in [0.15, 0.2) is 5.76 Å². The second-order valence-corrected chi connectivity index (χ2v) is 5.97. The SMILES string of the molecule is O=C(CCNC(=O)c1ccco1)Nc1ccnn1Cc1ccc(Cl)cc1. The molecule has 7 nitrogen and oxygen atoms in total. The van der Waals surface area contributed by atoms with E-state index in [2.05, 4.69) is 15.7 Å². The van der Waals surface area contributed by atoms with Gasteiger partial charge >= 0.3 is 0 Å². The Morgan fingerprint density at radius 3 is 2.69 bits per heavy atom. The summed E-state index contributed by atoms with van der Waals surface area (Å²) >= 11 is 5.88. The molecule has 2 aromatic heterocycles. The first-order chi connectivity index (χ1) is 12.6. The van der Waals surface area contributed by atoms with Crippen LogP contribution in [0.1, 0.15) is 22.5 Å². The Hall–Kier alpha value is -3.06. The van der Waals surface area contributed by atoms with Gasteiger partial charge in [0.25, 0.3) is 5.91 Å². The zero-order chi connectivity index (χ0) is 18.4. The Morgan fingerprint density at radius 2 is 1.96 bits per heavy atom. The van der Waals surface area contributed by atoms with Gasteiger partial charge < -0.3 is 15.1 Å². The van der Waals surface area contributed by atoms with Crippen molar-refractivity contribution in [1.82, 2.24) is 15.1 Å². The molecule has 0 aliphatic carbocycles. The number of carbonyl (C=O) groups is 2. The fourth-order valence-electron chi connectivity index (χ4n) is 2.32. The topological polar surface area (TPSA) is 89.2 Å². The van der Waals surface area contributed by atoms with Gasteiger partial charge in [-0.05, 0) is 29.8 Å². The van der Waals surface area contributed by atoms with Gasteiger partial charge in [0, 0.05) is 24.1 Å². The molecule has 134 valence electrons. The number of nitrogens with one attached hydrogen (secondary N) is 2. The number of aromatic nitrogens is 2. The molecule has 0 radical (unpaired) electrons. The monoisotopic (exact) mass is 372 g/mol. The first kappa shape index (κ1) is 17.8. The van der Waals surface area contributed by atoms with Crippen molar-refractivity contribution < 1.29 is 14.0 Å². The van der Waals surface area contributed by atoms with Gasteiger partial charge in [-0.2, -0.15) is 5.10 Å². The summed E-state index contributed by atoms with van der Waals surface area (Å²) in [4.78, 5) is 23.8. The summed E-state index contributed by atoms with van der Waals surface area (Å²) in [6.45, 7) is 0.714. The highest BCUT2D eigenvalue weighted by Crippen LogP contribution is 2.13. The maximum Gasteiger partial charge on any atom is 0.286 e. The fraction of sp³-hybridized carbons (Fsp3) is 0.167. The Kier molecular flexibility index (Phi) is 5.70. The van der Waals surface area contributed by atoms with Crippen LogP contribution in [0.5, 0.6) is 0 Å². The number of furan rings is 1. The van der Waals surface area contributed by atoms with Gasteiger partial charge in [-0.3, -0.25) is 9.59 Å². The van der Waals surface area contributed by atoms with Gasteiger partial charge in [0.05, 0.1) is 19.0 Å². The third kappa shape index (κ3) is 4.73. The number of halogens is 1. The van der Waals surface area contributed by atoms with Crippen LogP contribution in [0, 0.1) is 0 Å². The summed E-state index contributed by atoms with van der Waals surface area (Å²) in [7, 11) is 0. The Bertz CT molecular complexity index is 872. The molecule has 2 heterocycles. The summed E-state index contributed by atoms with van der Waals surface area (Å²) < 4.78 is 6.67. The molecule has 0 unspecified atom stereocenters. The minimum absolute atomic E-state index is 0.137. The Balaban J connectivity index is 1.49. The Morgan fingerprint density at radius 1 is 1.15 bits per heavy atom. The van der Waals surface area contributed by atoms with Crippen molar-refractivity contribution in [2.45, 2.75) is 13.0 Å². The van der Waals surface area contributed by atoms with Crippen LogP contribution in [-0.4, -0.2) is 28.1 Å². The van der Waals surface area contributed by atoms with Crippen molar-refractivity contribution in [3.05, 3.63) is 71.3 Å². The van der Waals surface area contributed by atoms with E-state index in [0.29, 0.717) is 17.4 Å². The fourth-order valence-corrected chi connectivity index (χ4v) is 2.44. The molecule has 2 amide bonds. The van der Waals surface area contributed by atoms with Crippen molar-refractivity contribution >= 4 is 29.2 Å². The predicted octanol–water partition coefficient (Wildman–Crippen LogP) is 2.94. The molecule has 0 fully saturated rings. The normalized spacial score (nSPS) is 10.5. The highest BCUT2D eigenvalue weighted by molar-refractivity contribution is 6.30. The first-order valence-corrected chi connectivity index (χ1v) is 8.37. The smallest absolute Gasteiger partial charge is 0.286 e. The van der Waals surface area contributed by atoms with E-state index in [1.165, 1.54) is 6.26 Å². The van der Waals surface area contributed by atoms with Gasteiger partial charge in [0.2, 0.25) is 5.91 Å². The van der Waals surface area contributed by atoms with Crippen LogP contribution < -0.4 is 10.6 Å². The molecule has 0 saturated heterocycles. The van der Waals surface area contributed by atoms with Crippen molar-refractivity contribution in [3.8, 4) is 0 Å². The third-order valence-corrected chi connectivity index (χ3v) is 3.86. The summed E-state index contributed by atoms with van der Waals surface area (Å²) in [5, 5.41) is 10.3. The van der Waals surface area contributed by atoms with Crippen molar-refractivity contribution in [2.75, 3.05) is 11.9 Å². The summed E-state index contributed by atoms with van der Waals surface area (Å²) in [6, 6.07) is 12.3. The molecule has 1 aromatic carbocycles. The first-order valence-electron chi connectivity index (χ1n) is 7.99. The maximum absolute atomic E-state index is 12.1. The van der Waals surface area contributed by atoms with E-state index in [9.17, 15) is 9.59 Å². The summed E-state index contributed by atoms with van der Waals surface area (Å²) in [5.74, 6) is 0.229. The molecule has 0 aliphatic heterocycles. The molecule has 0 spiro atoms. The van der Waals surface area contributed by atoms with E-state index in [-0.39, 0.29) is 30.5 Å². The third-order valence-electron chi connectivity index (χ3n) is 3.61. The summed E-state index contributed by atoms with van der Waals surface area (Å²) in [6.07, 6.45) is 3.17. The molecule has 0 bridgehead atoms. The van der Waals surface area contributed by atoms with E-state index in [1.807, 2.05) is 12.1 Å². The number of hydrogen-bond donors (Lipinski definition) is 2. The maximum atomic E-state index is 12.1. The number of hydrogen-bond acceptors (Lipinski definition) is 4. The summed E-state index contributed by atoms with van der Waals surface area (Å²) in [5.41, 5.74) is 1.01. The molecular formula is C18H17ClN4O3. The standard InChI is InChI=1S/C18H17ClN4O3/c19-14-5-3-13(4-6-14)12-23-16(7-10-21-23)22-17(24)8-9-20-18(25)15-2-1-11-26-15/h1-7,10-11H,8-9,12H2,(H,20,25)(H,22,24). The van der Waals surface area contributed by atoms with Crippen molar-refractivity contribution in [3.63, 3.8) is 0 Å². The van der Waals surface area contributed by atoms with Crippen molar-refractivity contribution in [1.29, 1.82) is 0 Å². The van der Waals surface area contributed by atoms with Crippen LogP contribution in [0.4, 0.5) is 5.82 Å². The number of carbonyl (C=O) groups excluding carboxylic acids is 2. The van der Waals surface area contributed by atoms with Gasteiger partial charge in [-0.15, -0.1) is 0 Å². The molecule has 8 heteroatoms. The van der Waals surface area contributed by atoms with Crippen LogP contribution in [0.3, 0.4) is 0 Å². The molecule has 0 saturated carbocycles. The second kappa shape index (κ2) is 8.35. The highest BCUT2D eigenvalue weighted by Gasteiger charge is 2.11. The number of rotatable bonds is 7. The van der Waals surface area contributed by atoms with Gasteiger partial charge in [-0.1, -0.05) is 23.7 Å². The van der Waals surface area contributed by atoms with Crippen LogP contribution >= 0.6 is 11.6 Å². The van der Waals surface area contributed by atoms with E-state index >= 15 is 0 Å².